The first-order valence-electron chi connectivity index (χ1n) is 6.83. The summed E-state index contributed by atoms with van der Waals surface area (Å²) in [7, 11) is 0. The summed E-state index contributed by atoms with van der Waals surface area (Å²) in [5.74, 6) is 0. The van der Waals surface area contributed by atoms with Crippen molar-refractivity contribution in [3.05, 3.63) is 36.1 Å². The maximum atomic E-state index is 12.2. The molecule has 1 fully saturated rings. The van der Waals surface area contributed by atoms with Crippen molar-refractivity contribution in [2.24, 2.45) is 0 Å². The van der Waals surface area contributed by atoms with Crippen LogP contribution in [0.2, 0.25) is 0 Å². The van der Waals surface area contributed by atoms with E-state index < -0.39 is 0 Å². The average molecular weight is 274 g/mol. The zero-order valence-corrected chi connectivity index (χ0v) is 11.5. The molecule has 1 N–H and O–H groups in total. The molecule has 5 heteroatoms. The largest absolute Gasteiger partial charge is 0.464 e. The number of nitrogens with zero attached hydrogens (tertiary/aromatic N) is 1. The molecule has 1 saturated heterocycles. The number of para-hydroxylation sites is 1. The van der Waals surface area contributed by atoms with E-state index in [1.54, 1.807) is 6.26 Å². The lowest BCUT2D eigenvalue weighted by atomic mass is 10.2. The van der Waals surface area contributed by atoms with Gasteiger partial charge in [0.15, 0.2) is 0 Å². The number of nitrogens with one attached hydrogen (secondary N) is 1. The quantitative estimate of drug-likeness (QED) is 0.914. The summed E-state index contributed by atoms with van der Waals surface area (Å²) in [6, 6.07) is 7.88. The highest BCUT2D eigenvalue weighted by atomic mass is 16.5. The maximum Gasteiger partial charge on any atom is 0.318 e. The van der Waals surface area contributed by atoms with E-state index in [9.17, 15) is 4.79 Å². The number of carbonyl (C=O) groups excluding carboxylic acids is 1. The number of furan rings is 1. The van der Waals surface area contributed by atoms with Gasteiger partial charge in [-0.25, -0.2) is 4.79 Å². The Morgan fingerprint density at radius 2 is 2.30 bits per heavy atom. The Kier molecular flexibility index (Phi) is 3.60. The minimum atomic E-state index is -0.0499. The van der Waals surface area contributed by atoms with E-state index in [1.165, 1.54) is 0 Å². The van der Waals surface area contributed by atoms with Crippen LogP contribution in [0.25, 0.3) is 11.0 Å². The lowest BCUT2D eigenvalue weighted by molar-refractivity contribution is 0.0190. The molecule has 0 aliphatic carbocycles. The van der Waals surface area contributed by atoms with Gasteiger partial charge in [-0.1, -0.05) is 18.2 Å². The van der Waals surface area contributed by atoms with Crippen LogP contribution in [0.5, 0.6) is 0 Å². The van der Waals surface area contributed by atoms with E-state index in [0.717, 1.165) is 16.5 Å². The third-order valence-corrected chi connectivity index (χ3v) is 3.62. The molecular weight excluding hydrogens is 256 g/mol. The van der Waals surface area contributed by atoms with Crippen LogP contribution in [0.15, 0.2) is 34.9 Å². The van der Waals surface area contributed by atoms with Gasteiger partial charge in [0.25, 0.3) is 0 Å². The van der Waals surface area contributed by atoms with Gasteiger partial charge in [-0.3, -0.25) is 0 Å². The van der Waals surface area contributed by atoms with Crippen LogP contribution >= 0.6 is 0 Å². The first-order chi connectivity index (χ1) is 9.75. The number of amides is 2. The first-order valence-corrected chi connectivity index (χ1v) is 6.83. The van der Waals surface area contributed by atoms with Gasteiger partial charge in [0.05, 0.1) is 25.5 Å². The molecule has 1 aliphatic rings. The number of morpholine rings is 1. The lowest BCUT2D eigenvalue weighted by Crippen LogP contribution is -2.51. The molecule has 0 unspecified atom stereocenters. The summed E-state index contributed by atoms with van der Waals surface area (Å²) < 4.78 is 10.8. The highest BCUT2D eigenvalue weighted by molar-refractivity contribution is 5.81. The van der Waals surface area contributed by atoms with Gasteiger partial charge in [-0.05, 0) is 13.0 Å². The fraction of sp³-hybridized carbons (Fsp3) is 0.400. The molecule has 0 saturated carbocycles. The zero-order valence-electron chi connectivity index (χ0n) is 11.5. The number of ether oxygens (including phenoxy) is 1. The predicted molar refractivity (Wildman–Crippen MR) is 75.4 cm³/mol. The second-order valence-electron chi connectivity index (χ2n) is 5.03. The molecule has 1 aromatic carbocycles. The number of benzene rings is 1. The van der Waals surface area contributed by atoms with E-state index in [1.807, 2.05) is 36.1 Å². The van der Waals surface area contributed by atoms with E-state index in [0.29, 0.717) is 26.3 Å². The normalized spacial score (nSPS) is 19.2. The van der Waals surface area contributed by atoms with Gasteiger partial charge in [-0.15, -0.1) is 0 Å². The molecule has 2 aromatic rings. The van der Waals surface area contributed by atoms with Gasteiger partial charge in [0.2, 0.25) is 0 Å². The van der Waals surface area contributed by atoms with Crippen LogP contribution in [0.3, 0.4) is 0 Å². The Hall–Kier alpha value is -2.01. The standard InChI is InChI=1S/C15H18N2O3/c1-11-9-19-7-6-17(11)15(18)16-8-12-10-20-14-5-3-2-4-13(12)14/h2-5,10-11H,6-9H2,1H3,(H,16,18)/t11-/m1/s1. The molecule has 1 aromatic heterocycles. The van der Waals surface area contributed by atoms with Crippen LogP contribution in [0.1, 0.15) is 12.5 Å². The highest BCUT2D eigenvalue weighted by Crippen LogP contribution is 2.20. The third kappa shape index (κ3) is 2.49. The Bertz CT molecular complexity index is 608. The summed E-state index contributed by atoms with van der Waals surface area (Å²) in [4.78, 5) is 14.0. The molecular formula is C15H18N2O3. The maximum absolute atomic E-state index is 12.2. The Balaban J connectivity index is 1.65. The van der Waals surface area contributed by atoms with Crippen LogP contribution in [-0.4, -0.2) is 36.7 Å². The molecule has 1 atom stereocenters. The summed E-state index contributed by atoms with van der Waals surface area (Å²) >= 11 is 0. The van der Waals surface area contributed by atoms with E-state index in [2.05, 4.69) is 5.32 Å². The minimum absolute atomic E-state index is 0.0499. The van der Waals surface area contributed by atoms with Crippen LogP contribution in [-0.2, 0) is 11.3 Å². The van der Waals surface area contributed by atoms with Crippen molar-refractivity contribution < 1.29 is 13.9 Å². The van der Waals surface area contributed by atoms with Gasteiger partial charge < -0.3 is 19.4 Å². The predicted octanol–water partition coefficient (Wildman–Crippen LogP) is 2.36. The Labute approximate surface area is 117 Å². The van der Waals surface area contributed by atoms with Crippen LogP contribution < -0.4 is 5.32 Å². The van der Waals surface area contributed by atoms with Crippen molar-refractivity contribution in [2.75, 3.05) is 19.8 Å². The third-order valence-electron chi connectivity index (χ3n) is 3.62. The van der Waals surface area contributed by atoms with Gasteiger partial charge in [-0.2, -0.15) is 0 Å². The number of hydrogen-bond donors (Lipinski definition) is 1. The van der Waals surface area contributed by atoms with Crippen molar-refractivity contribution in [3.8, 4) is 0 Å². The molecule has 106 valence electrons. The number of rotatable bonds is 2. The monoisotopic (exact) mass is 274 g/mol. The molecule has 0 radical (unpaired) electrons. The number of urea groups is 1. The van der Waals surface area contributed by atoms with Crippen LogP contribution in [0.4, 0.5) is 4.79 Å². The smallest absolute Gasteiger partial charge is 0.318 e. The molecule has 3 rings (SSSR count). The van der Waals surface area contributed by atoms with Gasteiger partial charge in [0.1, 0.15) is 5.58 Å². The van der Waals surface area contributed by atoms with E-state index in [4.69, 9.17) is 9.15 Å². The SMILES string of the molecule is C[C@@H]1COCCN1C(=O)NCc1coc2ccccc12. The second kappa shape index (κ2) is 5.54. The zero-order chi connectivity index (χ0) is 13.9. The number of carbonyl (C=O) groups is 1. The lowest BCUT2D eigenvalue weighted by Gasteiger charge is -2.33. The summed E-state index contributed by atoms with van der Waals surface area (Å²) in [5, 5.41) is 3.99. The van der Waals surface area contributed by atoms with Gasteiger partial charge >= 0.3 is 6.03 Å². The van der Waals surface area contributed by atoms with Crippen molar-refractivity contribution >= 4 is 17.0 Å². The van der Waals surface area contributed by atoms with Gasteiger partial charge in [0, 0.05) is 24.0 Å². The number of hydrogen-bond acceptors (Lipinski definition) is 3. The fourth-order valence-electron chi connectivity index (χ4n) is 2.47. The first kappa shape index (κ1) is 13.0. The average Bonchev–Trinajstić information content (AvgIpc) is 2.88. The summed E-state index contributed by atoms with van der Waals surface area (Å²) in [6.07, 6.45) is 1.70. The van der Waals surface area contributed by atoms with Crippen molar-refractivity contribution in [2.45, 2.75) is 19.5 Å². The highest BCUT2D eigenvalue weighted by Gasteiger charge is 2.23. The van der Waals surface area contributed by atoms with E-state index in [-0.39, 0.29) is 12.1 Å². The number of fused-ring (bicyclic) bond motifs is 1. The molecule has 1 aliphatic heterocycles. The van der Waals surface area contributed by atoms with Crippen molar-refractivity contribution in [1.82, 2.24) is 10.2 Å². The van der Waals surface area contributed by atoms with E-state index >= 15 is 0 Å². The Morgan fingerprint density at radius 1 is 1.45 bits per heavy atom. The topological polar surface area (TPSA) is 54.7 Å². The fourth-order valence-corrected chi connectivity index (χ4v) is 2.47. The van der Waals surface area contributed by atoms with Crippen molar-refractivity contribution in [3.63, 3.8) is 0 Å². The van der Waals surface area contributed by atoms with Crippen molar-refractivity contribution in [1.29, 1.82) is 0 Å². The molecule has 20 heavy (non-hydrogen) atoms. The molecule has 5 nitrogen and oxygen atoms in total. The van der Waals surface area contributed by atoms with Crippen LogP contribution in [0, 0.1) is 0 Å². The summed E-state index contributed by atoms with van der Waals surface area (Å²) in [6.45, 7) is 4.31. The summed E-state index contributed by atoms with van der Waals surface area (Å²) in [5.41, 5.74) is 1.84. The molecule has 0 spiro atoms. The Morgan fingerprint density at radius 3 is 3.15 bits per heavy atom. The minimum Gasteiger partial charge on any atom is -0.464 e. The molecule has 0 bridgehead atoms. The molecule has 2 amide bonds. The molecule has 2 heterocycles. The second-order valence-corrected chi connectivity index (χ2v) is 5.03.